The standard InChI is InChI=1S/C20H21N3O/c1-15-3-7-17(8-4-15)11-12-20-19(14-24)21-22-23(20)13-18-9-5-16(2)6-10-18/h3-12,24H,13-14H2,1-2H3/b12-11+. The highest BCUT2D eigenvalue weighted by Crippen LogP contribution is 2.14. The van der Waals surface area contributed by atoms with Gasteiger partial charge >= 0.3 is 0 Å². The van der Waals surface area contributed by atoms with Crippen LogP contribution in [-0.2, 0) is 13.2 Å². The summed E-state index contributed by atoms with van der Waals surface area (Å²) in [5.41, 5.74) is 6.14. The lowest BCUT2D eigenvalue weighted by atomic mass is 10.1. The van der Waals surface area contributed by atoms with Crippen LogP contribution >= 0.6 is 0 Å². The monoisotopic (exact) mass is 319 g/mol. The fourth-order valence-electron chi connectivity index (χ4n) is 2.49. The summed E-state index contributed by atoms with van der Waals surface area (Å²) in [5.74, 6) is 0. The Morgan fingerprint density at radius 2 is 1.54 bits per heavy atom. The highest BCUT2D eigenvalue weighted by Gasteiger charge is 2.09. The third-order valence-electron chi connectivity index (χ3n) is 3.96. The smallest absolute Gasteiger partial charge is 0.115 e. The van der Waals surface area contributed by atoms with Gasteiger partial charge in [-0.3, -0.25) is 0 Å². The molecule has 24 heavy (non-hydrogen) atoms. The van der Waals surface area contributed by atoms with Crippen molar-refractivity contribution >= 4 is 12.2 Å². The van der Waals surface area contributed by atoms with Crippen molar-refractivity contribution in [2.45, 2.75) is 27.0 Å². The van der Waals surface area contributed by atoms with Gasteiger partial charge in [-0.25, -0.2) is 4.68 Å². The summed E-state index contributed by atoms with van der Waals surface area (Å²) in [7, 11) is 0. The van der Waals surface area contributed by atoms with Crippen LogP contribution < -0.4 is 0 Å². The largest absolute Gasteiger partial charge is 0.390 e. The Morgan fingerprint density at radius 1 is 0.917 bits per heavy atom. The number of benzene rings is 2. The normalized spacial score (nSPS) is 11.3. The first-order valence-electron chi connectivity index (χ1n) is 7.99. The van der Waals surface area contributed by atoms with Gasteiger partial charge in [-0.15, -0.1) is 5.10 Å². The molecule has 0 radical (unpaired) electrons. The molecule has 0 atom stereocenters. The average Bonchev–Trinajstić information content (AvgIpc) is 2.98. The maximum absolute atomic E-state index is 9.52. The van der Waals surface area contributed by atoms with E-state index in [0.29, 0.717) is 12.2 Å². The summed E-state index contributed by atoms with van der Waals surface area (Å²) in [4.78, 5) is 0. The van der Waals surface area contributed by atoms with Crippen molar-refractivity contribution in [2.75, 3.05) is 0 Å². The summed E-state index contributed by atoms with van der Waals surface area (Å²) in [5, 5.41) is 17.8. The first kappa shape index (κ1) is 16.1. The quantitative estimate of drug-likeness (QED) is 0.781. The minimum atomic E-state index is -0.124. The highest BCUT2D eigenvalue weighted by atomic mass is 16.3. The van der Waals surface area contributed by atoms with Gasteiger partial charge in [-0.2, -0.15) is 0 Å². The minimum absolute atomic E-state index is 0.124. The fourth-order valence-corrected chi connectivity index (χ4v) is 2.49. The topological polar surface area (TPSA) is 50.9 Å². The molecule has 0 bridgehead atoms. The molecule has 0 saturated carbocycles. The number of aromatic nitrogens is 3. The molecule has 0 aliphatic rings. The molecule has 0 spiro atoms. The van der Waals surface area contributed by atoms with Gasteiger partial charge in [0.1, 0.15) is 5.69 Å². The van der Waals surface area contributed by atoms with E-state index in [1.165, 1.54) is 11.1 Å². The van der Waals surface area contributed by atoms with Gasteiger partial charge in [-0.05, 0) is 31.1 Å². The summed E-state index contributed by atoms with van der Waals surface area (Å²) in [6, 6.07) is 16.6. The number of nitrogens with zero attached hydrogens (tertiary/aromatic N) is 3. The second kappa shape index (κ2) is 7.23. The van der Waals surface area contributed by atoms with Crippen molar-refractivity contribution in [2.24, 2.45) is 0 Å². The van der Waals surface area contributed by atoms with Gasteiger partial charge < -0.3 is 5.11 Å². The summed E-state index contributed by atoms with van der Waals surface area (Å²) < 4.78 is 1.82. The van der Waals surface area contributed by atoms with E-state index in [1.807, 2.05) is 16.8 Å². The van der Waals surface area contributed by atoms with E-state index in [4.69, 9.17) is 0 Å². The predicted octanol–water partition coefficient (Wildman–Crippen LogP) is 3.61. The van der Waals surface area contributed by atoms with E-state index in [0.717, 1.165) is 16.8 Å². The van der Waals surface area contributed by atoms with Crippen molar-refractivity contribution in [3.05, 3.63) is 82.2 Å². The Bertz CT molecular complexity index is 830. The number of aryl methyl sites for hydroxylation is 2. The Kier molecular flexibility index (Phi) is 4.87. The number of aliphatic hydroxyl groups is 1. The molecule has 3 rings (SSSR count). The Balaban J connectivity index is 1.87. The lowest BCUT2D eigenvalue weighted by molar-refractivity contribution is 0.276. The fraction of sp³-hybridized carbons (Fsp3) is 0.200. The third-order valence-corrected chi connectivity index (χ3v) is 3.96. The molecule has 0 unspecified atom stereocenters. The third kappa shape index (κ3) is 3.78. The zero-order chi connectivity index (χ0) is 16.9. The summed E-state index contributed by atoms with van der Waals surface area (Å²) in [6.07, 6.45) is 3.98. The van der Waals surface area contributed by atoms with Gasteiger partial charge in [0, 0.05) is 0 Å². The van der Waals surface area contributed by atoms with E-state index in [-0.39, 0.29) is 6.61 Å². The highest BCUT2D eigenvalue weighted by molar-refractivity contribution is 5.69. The second-order valence-electron chi connectivity index (χ2n) is 5.97. The average molecular weight is 319 g/mol. The lowest BCUT2D eigenvalue weighted by Gasteiger charge is -2.05. The predicted molar refractivity (Wildman–Crippen MR) is 96.3 cm³/mol. The van der Waals surface area contributed by atoms with Crippen LogP contribution in [-0.4, -0.2) is 20.1 Å². The number of rotatable bonds is 5. The SMILES string of the molecule is Cc1ccc(/C=C/c2c(CO)nnn2Cc2ccc(C)cc2)cc1. The van der Waals surface area contributed by atoms with Crippen LogP contribution in [0.25, 0.3) is 12.2 Å². The molecule has 4 nitrogen and oxygen atoms in total. The van der Waals surface area contributed by atoms with Crippen molar-refractivity contribution in [1.29, 1.82) is 0 Å². The molecular formula is C20H21N3O. The molecule has 4 heteroatoms. The van der Waals surface area contributed by atoms with Crippen molar-refractivity contribution in [1.82, 2.24) is 15.0 Å². The van der Waals surface area contributed by atoms with Crippen LogP contribution in [0.3, 0.4) is 0 Å². The molecule has 2 aromatic carbocycles. The van der Waals surface area contributed by atoms with Gasteiger partial charge in [0.05, 0.1) is 18.8 Å². The number of hydrogen-bond acceptors (Lipinski definition) is 3. The first-order chi connectivity index (χ1) is 11.7. The van der Waals surface area contributed by atoms with Gasteiger partial charge in [0.15, 0.2) is 0 Å². The number of hydrogen-bond donors (Lipinski definition) is 1. The first-order valence-corrected chi connectivity index (χ1v) is 7.99. The zero-order valence-corrected chi connectivity index (χ0v) is 14.0. The Morgan fingerprint density at radius 3 is 2.17 bits per heavy atom. The maximum Gasteiger partial charge on any atom is 0.115 e. The van der Waals surface area contributed by atoms with Gasteiger partial charge in [0.2, 0.25) is 0 Å². The van der Waals surface area contributed by atoms with Crippen molar-refractivity contribution in [3.8, 4) is 0 Å². The molecule has 0 aliphatic heterocycles. The van der Waals surface area contributed by atoms with Crippen LogP contribution in [0.2, 0.25) is 0 Å². The number of aliphatic hydroxyl groups excluding tert-OH is 1. The van der Waals surface area contributed by atoms with Crippen LogP contribution in [0.4, 0.5) is 0 Å². The van der Waals surface area contributed by atoms with Crippen LogP contribution in [0.1, 0.15) is 33.6 Å². The van der Waals surface area contributed by atoms with Crippen LogP contribution in [0.5, 0.6) is 0 Å². The molecular weight excluding hydrogens is 298 g/mol. The zero-order valence-electron chi connectivity index (χ0n) is 14.0. The van der Waals surface area contributed by atoms with Crippen molar-refractivity contribution in [3.63, 3.8) is 0 Å². The lowest BCUT2D eigenvalue weighted by Crippen LogP contribution is -2.04. The molecule has 1 N–H and O–H groups in total. The van der Waals surface area contributed by atoms with E-state index in [9.17, 15) is 5.11 Å². The molecule has 122 valence electrons. The molecule has 0 saturated heterocycles. The molecule has 0 fully saturated rings. The Hall–Kier alpha value is -2.72. The molecule has 1 heterocycles. The van der Waals surface area contributed by atoms with Crippen LogP contribution in [0.15, 0.2) is 48.5 Å². The van der Waals surface area contributed by atoms with E-state index >= 15 is 0 Å². The second-order valence-corrected chi connectivity index (χ2v) is 5.97. The van der Waals surface area contributed by atoms with Gasteiger partial charge in [-0.1, -0.05) is 70.9 Å². The maximum atomic E-state index is 9.52. The van der Waals surface area contributed by atoms with E-state index < -0.39 is 0 Å². The Labute approximate surface area is 142 Å². The molecule has 0 amide bonds. The van der Waals surface area contributed by atoms with E-state index in [1.54, 1.807) is 0 Å². The summed E-state index contributed by atoms with van der Waals surface area (Å²) >= 11 is 0. The van der Waals surface area contributed by atoms with E-state index in [2.05, 4.69) is 72.7 Å². The molecule has 1 aromatic heterocycles. The minimum Gasteiger partial charge on any atom is -0.390 e. The van der Waals surface area contributed by atoms with Gasteiger partial charge in [0.25, 0.3) is 0 Å². The van der Waals surface area contributed by atoms with Crippen LogP contribution in [0, 0.1) is 13.8 Å². The molecule has 3 aromatic rings. The molecule has 0 aliphatic carbocycles. The summed E-state index contributed by atoms with van der Waals surface area (Å²) in [6.45, 7) is 4.64. The van der Waals surface area contributed by atoms with Crippen molar-refractivity contribution < 1.29 is 5.11 Å².